The smallest absolute Gasteiger partial charge is 0.416 e. The molecule has 1 rings (SSSR count). The summed E-state index contributed by atoms with van der Waals surface area (Å²) in [4.78, 5) is 10.4. The molecule has 0 atom stereocenters. The highest BCUT2D eigenvalue weighted by atomic mass is 32.2. The standard InChI is InChI=1S/C11H12F3NO4S/c1-10(2,9(16)17)15-20(18,19)8-5-3-7(4-6-8)11(12,13)14/h3-6,15H,1-2H3,(H,16,17). The molecule has 2 N–H and O–H groups in total. The molecule has 0 bridgehead atoms. The maximum absolute atomic E-state index is 12.4. The van der Waals surface area contributed by atoms with Gasteiger partial charge >= 0.3 is 12.1 Å². The molecule has 0 aliphatic rings. The molecule has 0 heterocycles. The molecule has 9 heteroatoms. The first kappa shape index (κ1) is 16.4. The Kier molecular flexibility index (Phi) is 4.16. The number of carboxylic acids is 1. The number of hydrogen-bond donors (Lipinski definition) is 2. The third kappa shape index (κ3) is 3.70. The Labute approximate surface area is 113 Å². The predicted octanol–water partition coefficient (Wildman–Crippen LogP) is 1.85. The van der Waals surface area contributed by atoms with Gasteiger partial charge in [0.2, 0.25) is 10.0 Å². The molecule has 0 spiro atoms. The summed E-state index contributed by atoms with van der Waals surface area (Å²) in [6, 6.07) is 2.76. The number of sulfonamides is 1. The maximum Gasteiger partial charge on any atom is 0.416 e. The zero-order chi connectivity index (χ0) is 15.8. The summed E-state index contributed by atoms with van der Waals surface area (Å²) in [7, 11) is -4.22. The highest BCUT2D eigenvalue weighted by Gasteiger charge is 2.34. The minimum absolute atomic E-state index is 0.445. The summed E-state index contributed by atoms with van der Waals surface area (Å²) in [6.45, 7) is 2.24. The van der Waals surface area contributed by atoms with Crippen LogP contribution in [0.4, 0.5) is 13.2 Å². The highest BCUT2D eigenvalue weighted by molar-refractivity contribution is 7.89. The second-order valence-corrected chi connectivity index (χ2v) is 6.24. The van der Waals surface area contributed by atoms with Gasteiger partial charge in [0, 0.05) is 0 Å². The molecule has 20 heavy (non-hydrogen) atoms. The van der Waals surface area contributed by atoms with E-state index in [0.717, 1.165) is 26.0 Å². The summed E-state index contributed by atoms with van der Waals surface area (Å²) < 4.78 is 62.7. The molecule has 0 aliphatic carbocycles. The Hall–Kier alpha value is -1.61. The van der Waals surface area contributed by atoms with E-state index in [-0.39, 0.29) is 0 Å². The number of benzene rings is 1. The van der Waals surface area contributed by atoms with Crippen molar-refractivity contribution in [1.29, 1.82) is 0 Å². The molecule has 0 saturated heterocycles. The van der Waals surface area contributed by atoms with Gasteiger partial charge in [0.05, 0.1) is 10.5 Å². The van der Waals surface area contributed by atoms with E-state index in [1.807, 2.05) is 4.72 Å². The lowest BCUT2D eigenvalue weighted by atomic mass is 10.1. The molecular formula is C11H12F3NO4S. The fourth-order valence-electron chi connectivity index (χ4n) is 1.26. The van der Waals surface area contributed by atoms with Crippen LogP contribution in [0.25, 0.3) is 0 Å². The van der Waals surface area contributed by atoms with E-state index in [0.29, 0.717) is 12.1 Å². The normalized spacial score (nSPS) is 13.2. The van der Waals surface area contributed by atoms with Gasteiger partial charge in [-0.3, -0.25) is 4.79 Å². The van der Waals surface area contributed by atoms with Gasteiger partial charge < -0.3 is 5.11 Å². The van der Waals surface area contributed by atoms with Gasteiger partial charge in [-0.15, -0.1) is 0 Å². The van der Waals surface area contributed by atoms with Crippen LogP contribution in [0, 0.1) is 0 Å². The molecule has 0 amide bonds. The minimum atomic E-state index is -4.57. The minimum Gasteiger partial charge on any atom is -0.480 e. The first-order valence-corrected chi connectivity index (χ1v) is 6.79. The monoisotopic (exact) mass is 311 g/mol. The summed E-state index contributed by atoms with van der Waals surface area (Å²) in [5.41, 5.74) is -2.77. The van der Waals surface area contributed by atoms with Crippen molar-refractivity contribution >= 4 is 16.0 Å². The van der Waals surface area contributed by atoms with Crippen molar-refractivity contribution in [2.75, 3.05) is 0 Å². The van der Waals surface area contributed by atoms with Crippen LogP contribution in [0.15, 0.2) is 29.2 Å². The Morgan fingerprint density at radius 3 is 1.95 bits per heavy atom. The van der Waals surface area contributed by atoms with Gasteiger partial charge in [0.1, 0.15) is 5.54 Å². The van der Waals surface area contributed by atoms with Crippen molar-refractivity contribution in [3.8, 4) is 0 Å². The zero-order valence-electron chi connectivity index (χ0n) is 10.5. The number of carbonyl (C=O) groups is 1. The molecule has 0 radical (unpaired) electrons. The Balaban J connectivity index is 3.09. The molecule has 0 aromatic heterocycles. The summed E-state index contributed by atoms with van der Waals surface area (Å²) >= 11 is 0. The van der Waals surface area contributed by atoms with E-state index in [1.54, 1.807) is 0 Å². The second kappa shape index (κ2) is 5.06. The van der Waals surface area contributed by atoms with Gasteiger partial charge in [-0.2, -0.15) is 17.9 Å². The van der Waals surface area contributed by atoms with Gasteiger partial charge in [0.25, 0.3) is 0 Å². The van der Waals surface area contributed by atoms with Gasteiger partial charge in [0.15, 0.2) is 0 Å². The number of hydrogen-bond acceptors (Lipinski definition) is 3. The fourth-order valence-corrected chi connectivity index (χ4v) is 2.63. The van der Waals surface area contributed by atoms with Crippen molar-refractivity contribution in [2.45, 2.75) is 30.5 Å². The highest BCUT2D eigenvalue weighted by Crippen LogP contribution is 2.29. The van der Waals surface area contributed by atoms with Crippen molar-refractivity contribution in [3.05, 3.63) is 29.8 Å². The van der Waals surface area contributed by atoms with Crippen LogP contribution in [0.1, 0.15) is 19.4 Å². The van der Waals surface area contributed by atoms with Crippen molar-refractivity contribution in [1.82, 2.24) is 4.72 Å². The second-order valence-electron chi connectivity index (χ2n) is 4.56. The number of alkyl halides is 3. The molecule has 0 aliphatic heterocycles. The zero-order valence-corrected chi connectivity index (χ0v) is 11.3. The first-order valence-electron chi connectivity index (χ1n) is 5.31. The van der Waals surface area contributed by atoms with Crippen molar-refractivity contribution < 1.29 is 31.5 Å². The molecule has 0 fully saturated rings. The van der Waals surface area contributed by atoms with E-state index >= 15 is 0 Å². The summed E-state index contributed by atoms with van der Waals surface area (Å²) in [5, 5.41) is 8.83. The lowest BCUT2D eigenvalue weighted by Crippen LogP contribution is -2.49. The third-order valence-corrected chi connectivity index (χ3v) is 4.09. The van der Waals surface area contributed by atoms with Crippen LogP contribution in [0.5, 0.6) is 0 Å². The average molecular weight is 311 g/mol. The van der Waals surface area contributed by atoms with E-state index < -0.39 is 38.2 Å². The van der Waals surface area contributed by atoms with Crippen LogP contribution in [0.3, 0.4) is 0 Å². The van der Waals surface area contributed by atoms with Gasteiger partial charge in [-0.05, 0) is 38.1 Å². The largest absolute Gasteiger partial charge is 0.480 e. The number of rotatable bonds is 4. The average Bonchev–Trinajstić information content (AvgIpc) is 2.26. The molecule has 0 saturated carbocycles. The van der Waals surface area contributed by atoms with Crippen LogP contribution in [-0.4, -0.2) is 25.0 Å². The van der Waals surface area contributed by atoms with Gasteiger partial charge in [-0.25, -0.2) is 8.42 Å². The lowest BCUT2D eigenvalue weighted by molar-refractivity contribution is -0.142. The van der Waals surface area contributed by atoms with E-state index in [2.05, 4.69) is 0 Å². The van der Waals surface area contributed by atoms with E-state index in [4.69, 9.17) is 5.11 Å². The van der Waals surface area contributed by atoms with Crippen LogP contribution in [0.2, 0.25) is 0 Å². The molecule has 112 valence electrons. The molecule has 1 aromatic carbocycles. The van der Waals surface area contributed by atoms with Crippen LogP contribution in [-0.2, 0) is 21.0 Å². The van der Waals surface area contributed by atoms with Crippen LogP contribution < -0.4 is 4.72 Å². The number of halogens is 3. The number of carboxylic acid groups (broad SMARTS) is 1. The first-order chi connectivity index (χ1) is 8.86. The number of aliphatic carboxylic acids is 1. The van der Waals surface area contributed by atoms with Crippen molar-refractivity contribution in [3.63, 3.8) is 0 Å². The van der Waals surface area contributed by atoms with Crippen LogP contribution >= 0.6 is 0 Å². The molecule has 1 aromatic rings. The molecule has 5 nitrogen and oxygen atoms in total. The summed E-state index contributed by atoms with van der Waals surface area (Å²) in [6.07, 6.45) is -4.57. The lowest BCUT2D eigenvalue weighted by Gasteiger charge is -2.20. The van der Waals surface area contributed by atoms with Gasteiger partial charge in [-0.1, -0.05) is 0 Å². The molecular weight excluding hydrogens is 299 g/mol. The van der Waals surface area contributed by atoms with Crippen molar-refractivity contribution in [2.24, 2.45) is 0 Å². The molecule has 0 unspecified atom stereocenters. The van der Waals surface area contributed by atoms with E-state index in [1.165, 1.54) is 0 Å². The Bertz CT molecular complexity index is 606. The topological polar surface area (TPSA) is 83.5 Å². The maximum atomic E-state index is 12.4. The number of nitrogens with one attached hydrogen (secondary N) is 1. The SMILES string of the molecule is CC(C)(NS(=O)(=O)c1ccc(C(F)(F)F)cc1)C(=O)O. The van der Waals surface area contributed by atoms with E-state index in [9.17, 15) is 26.4 Å². The summed E-state index contributed by atoms with van der Waals surface area (Å²) in [5.74, 6) is -1.41. The Morgan fingerprint density at radius 1 is 1.15 bits per heavy atom. The Morgan fingerprint density at radius 2 is 1.60 bits per heavy atom. The third-order valence-electron chi connectivity index (χ3n) is 2.42. The fraction of sp³-hybridized carbons (Fsp3) is 0.364. The quantitative estimate of drug-likeness (QED) is 0.889. The predicted molar refractivity (Wildman–Crippen MR) is 63.5 cm³/mol.